The van der Waals surface area contributed by atoms with Gasteiger partial charge in [-0.15, -0.1) is 0 Å². The van der Waals surface area contributed by atoms with E-state index in [9.17, 15) is 14.4 Å². The van der Waals surface area contributed by atoms with Crippen molar-refractivity contribution in [2.24, 2.45) is 5.92 Å². The maximum absolute atomic E-state index is 13.1. The van der Waals surface area contributed by atoms with Crippen molar-refractivity contribution in [1.82, 2.24) is 4.90 Å². The van der Waals surface area contributed by atoms with Gasteiger partial charge in [0.1, 0.15) is 6.04 Å². The molecular weight excluding hydrogens is 316 g/mol. The number of amides is 3. The molecule has 0 bridgehead atoms. The average molecular weight is 340 g/mol. The molecule has 25 heavy (non-hydrogen) atoms. The summed E-state index contributed by atoms with van der Waals surface area (Å²) >= 11 is 0. The summed E-state index contributed by atoms with van der Waals surface area (Å²) in [5, 5.41) is 0. The number of rotatable bonds is 4. The van der Waals surface area contributed by atoms with E-state index in [1.807, 2.05) is 18.2 Å². The molecule has 5 nitrogen and oxygen atoms in total. The Morgan fingerprint density at radius 2 is 1.64 bits per heavy atom. The zero-order chi connectivity index (χ0) is 17.4. The van der Waals surface area contributed by atoms with E-state index in [1.54, 1.807) is 17.0 Å². The Morgan fingerprint density at radius 1 is 0.960 bits per heavy atom. The number of para-hydroxylation sites is 1. The van der Waals surface area contributed by atoms with Gasteiger partial charge < -0.3 is 4.90 Å². The van der Waals surface area contributed by atoms with Gasteiger partial charge in [-0.25, -0.2) is 4.90 Å². The maximum Gasteiger partial charge on any atom is 0.257 e. The van der Waals surface area contributed by atoms with Crippen LogP contribution in [0.25, 0.3) is 0 Å². The molecule has 5 heteroatoms. The third kappa shape index (κ3) is 3.08. The Kier molecular flexibility index (Phi) is 4.32. The van der Waals surface area contributed by atoms with Gasteiger partial charge in [0.2, 0.25) is 11.8 Å². The fourth-order valence-corrected chi connectivity index (χ4v) is 4.17. The fourth-order valence-electron chi connectivity index (χ4n) is 4.17. The van der Waals surface area contributed by atoms with Gasteiger partial charge in [-0.2, -0.15) is 0 Å². The molecule has 1 unspecified atom stereocenters. The first-order valence-electron chi connectivity index (χ1n) is 9.41. The summed E-state index contributed by atoms with van der Waals surface area (Å²) in [6.45, 7) is 0. The highest BCUT2D eigenvalue weighted by Gasteiger charge is 2.48. The number of hydrogen-bond donors (Lipinski definition) is 0. The normalized spacial score (nSPS) is 24.6. The largest absolute Gasteiger partial charge is 0.327 e. The van der Waals surface area contributed by atoms with Gasteiger partial charge in [-0.3, -0.25) is 14.4 Å². The standard InChI is InChI=1S/C20H24N2O3/c23-18-13-17(20(25)22(18)16-9-5-2-6-10-16)21(19(24)14-11-12-14)15-7-3-1-4-8-15/h2,5-6,9-10,14-15,17H,1,3-4,7-8,11-13H2. The molecule has 1 aromatic carbocycles. The van der Waals surface area contributed by atoms with E-state index in [1.165, 1.54) is 11.3 Å². The molecule has 3 amide bonds. The summed E-state index contributed by atoms with van der Waals surface area (Å²) in [7, 11) is 0. The van der Waals surface area contributed by atoms with E-state index >= 15 is 0 Å². The number of imide groups is 1. The van der Waals surface area contributed by atoms with Crippen LogP contribution in [0.4, 0.5) is 5.69 Å². The van der Waals surface area contributed by atoms with E-state index in [0.29, 0.717) is 5.69 Å². The van der Waals surface area contributed by atoms with Crippen LogP contribution in [-0.4, -0.2) is 34.7 Å². The van der Waals surface area contributed by atoms with Crippen LogP contribution < -0.4 is 4.90 Å². The number of anilines is 1. The summed E-state index contributed by atoms with van der Waals surface area (Å²) in [5.74, 6) is -0.287. The molecule has 4 rings (SSSR count). The second-order valence-corrected chi connectivity index (χ2v) is 7.43. The maximum atomic E-state index is 13.1. The topological polar surface area (TPSA) is 57.7 Å². The second kappa shape index (κ2) is 6.62. The van der Waals surface area contributed by atoms with Crippen molar-refractivity contribution in [2.75, 3.05) is 4.90 Å². The SMILES string of the molecule is O=C1CC(N(C(=O)C2CC2)C2CCCCC2)C(=O)N1c1ccccc1. The molecule has 0 aromatic heterocycles. The first-order valence-corrected chi connectivity index (χ1v) is 9.41. The lowest BCUT2D eigenvalue weighted by atomic mass is 9.92. The third-order valence-corrected chi connectivity index (χ3v) is 5.62. The monoisotopic (exact) mass is 340 g/mol. The Bertz CT molecular complexity index is 677. The number of benzene rings is 1. The van der Waals surface area contributed by atoms with Crippen molar-refractivity contribution in [1.29, 1.82) is 0 Å². The highest BCUT2D eigenvalue weighted by atomic mass is 16.2. The van der Waals surface area contributed by atoms with Crippen molar-refractivity contribution < 1.29 is 14.4 Å². The first-order chi connectivity index (χ1) is 12.2. The van der Waals surface area contributed by atoms with Gasteiger partial charge in [-0.1, -0.05) is 37.5 Å². The zero-order valence-electron chi connectivity index (χ0n) is 14.4. The summed E-state index contributed by atoms with van der Waals surface area (Å²) in [6, 6.07) is 8.52. The highest BCUT2D eigenvalue weighted by molar-refractivity contribution is 6.23. The van der Waals surface area contributed by atoms with Crippen LogP contribution in [0.15, 0.2) is 30.3 Å². The van der Waals surface area contributed by atoms with Crippen LogP contribution in [0.3, 0.4) is 0 Å². The molecule has 0 N–H and O–H groups in total. The minimum atomic E-state index is -0.621. The lowest BCUT2D eigenvalue weighted by Crippen LogP contribution is -2.52. The molecule has 1 atom stereocenters. The van der Waals surface area contributed by atoms with Crippen molar-refractivity contribution in [2.45, 2.75) is 63.5 Å². The number of nitrogens with zero attached hydrogens (tertiary/aromatic N) is 2. The number of hydrogen-bond acceptors (Lipinski definition) is 3. The third-order valence-electron chi connectivity index (χ3n) is 5.62. The van der Waals surface area contributed by atoms with E-state index in [-0.39, 0.29) is 36.1 Å². The smallest absolute Gasteiger partial charge is 0.257 e. The summed E-state index contributed by atoms with van der Waals surface area (Å²) in [6.07, 6.45) is 7.22. The van der Waals surface area contributed by atoms with E-state index in [0.717, 1.165) is 38.5 Å². The van der Waals surface area contributed by atoms with Gasteiger partial charge in [0.05, 0.1) is 12.1 Å². The second-order valence-electron chi connectivity index (χ2n) is 7.43. The average Bonchev–Trinajstić information content (AvgIpc) is 3.44. The molecule has 1 heterocycles. The summed E-state index contributed by atoms with van der Waals surface area (Å²) < 4.78 is 0. The van der Waals surface area contributed by atoms with Crippen LogP contribution in [0, 0.1) is 5.92 Å². The molecule has 1 aliphatic heterocycles. The van der Waals surface area contributed by atoms with Gasteiger partial charge in [-0.05, 0) is 37.8 Å². The highest BCUT2D eigenvalue weighted by Crippen LogP contribution is 2.37. The van der Waals surface area contributed by atoms with Gasteiger partial charge in [0.15, 0.2) is 0 Å². The van der Waals surface area contributed by atoms with Crippen LogP contribution in [0.5, 0.6) is 0 Å². The van der Waals surface area contributed by atoms with Crippen LogP contribution >= 0.6 is 0 Å². The lowest BCUT2D eigenvalue weighted by Gasteiger charge is -2.37. The lowest BCUT2D eigenvalue weighted by molar-refractivity contribution is -0.143. The van der Waals surface area contributed by atoms with E-state index in [4.69, 9.17) is 0 Å². The molecule has 0 radical (unpaired) electrons. The van der Waals surface area contributed by atoms with Crippen molar-refractivity contribution in [3.63, 3.8) is 0 Å². The number of carbonyl (C=O) groups is 3. The van der Waals surface area contributed by atoms with E-state index in [2.05, 4.69) is 0 Å². The Morgan fingerprint density at radius 3 is 2.28 bits per heavy atom. The summed E-state index contributed by atoms with van der Waals surface area (Å²) in [4.78, 5) is 41.6. The van der Waals surface area contributed by atoms with Crippen LogP contribution in [0.1, 0.15) is 51.4 Å². The van der Waals surface area contributed by atoms with Crippen LogP contribution in [-0.2, 0) is 14.4 Å². The van der Waals surface area contributed by atoms with Crippen molar-refractivity contribution in [3.8, 4) is 0 Å². The Hall–Kier alpha value is -2.17. The van der Waals surface area contributed by atoms with Gasteiger partial charge >= 0.3 is 0 Å². The fraction of sp³-hybridized carbons (Fsp3) is 0.550. The van der Waals surface area contributed by atoms with Crippen molar-refractivity contribution >= 4 is 23.4 Å². The zero-order valence-corrected chi connectivity index (χ0v) is 14.4. The van der Waals surface area contributed by atoms with E-state index < -0.39 is 6.04 Å². The Labute approximate surface area is 148 Å². The minimum absolute atomic E-state index is 0.0654. The predicted molar refractivity (Wildman–Crippen MR) is 93.8 cm³/mol. The van der Waals surface area contributed by atoms with Gasteiger partial charge in [0.25, 0.3) is 5.91 Å². The van der Waals surface area contributed by atoms with Gasteiger partial charge in [0, 0.05) is 12.0 Å². The molecule has 132 valence electrons. The van der Waals surface area contributed by atoms with Crippen LogP contribution in [0.2, 0.25) is 0 Å². The molecular formula is C20H24N2O3. The molecule has 2 saturated carbocycles. The molecule has 2 aliphatic carbocycles. The first kappa shape index (κ1) is 16.3. The molecule has 3 fully saturated rings. The van der Waals surface area contributed by atoms with Crippen molar-refractivity contribution in [3.05, 3.63) is 30.3 Å². The molecule has 0 spiro atoms. The molecule has 3 aliphatic rings. The summed E-state index contributed by atoms with van der Waals surface area (Å²) in [5.41, 5.74) is 0.600. The molecule has 1 aromatic rings. The minimum Gasteiger partial charge on any atom is -0.327 e. The predicted octanol–water partition coefficient (Wildman–Crippen LogP) is 2.89. The Balaban J connectivity index is 1.61. The quantitative estimate of drug-likeness (QED) is 0.792. The molecule has 1 saturated heterocycles. The number of carbonyl (C=O) groups excluding carboxylic acids is 3.